The Hall–Kier alpha value is -2.77. The van der Waals surface area contributed by atoms with Crippen LogP contribution in [0.25, 0.3) is 0 Å². The highest BCUT2D eigenvalue weighted by Crippen LogP contribution is 2.25. The van der Waals surface area contributed by atoms with Gasteiger partial charge in [-0.15, -0.1) is 0 Å². The van der Waals surface area contributed by atoms with Crippen LogP contribution in [0.2, 0.25) is 0 Å². The molecule has 0 unspecified atom stereocenters. The first-order valence-corrected chi connectivity index (χ1v) is 6.38. The summed E-state index contributed by atoms with van der Waals surface area (Å²) in [5, 5.41) is 4.65. The minimum Gasteiger partial charge on any atom is -0.497 e. The molecular weight excluding hydrogens is 292 g/mol. The summed E-state index contributed by atoms with van der Waals surface area (Å²) in [5.41, 5.74) is 0.169. The molecule has 0 aromatic heterocycles. The third-order valence-electron chi connectivity index (χ3n) is 2.69. The van der Waals surface area contributed by atoms with Crippen molar-refractivity contribution in [1.29, 1.82) is 0 Å². The van der Waals surface area contributed by atoms with E-state index in [1.165, 1.54) is 33.4 Å². The number of esters is 1. The van der Waals surface area contributed by atoms with E-state index in [-0.39, 0.29) is 23.8 Å². The Morgan fingerprint density at radius 2 is 1.82 bits per heavy atom. The van der Waals surface area contributed by atoms with Crippen molar-refractivity contribution in [2.45, 2.75) is 0 Å². The lowest BCUT2D eigenvalue weighted by Gasteiger charge is -2.10. The number of amides is 2. The number of hydrogen-bond donors (Lipinski definition) is 2. The number of likely N-dealkylation sites (N-methyl/N-ethyl adjacent to an activating group) is 1. The van der Waals surface area contributed by atoms with Crippen molar-refractivity contribution < 1.29 is 28.6 Å². The molecule has 2 N–H and O–H groups in total. The van der Waals surface area contributed by atoms with Crippen molar-refractivity contribution in [1.82, 2.24) is 10.6 Å². The fourth-order valence-electron chi connectivity index (χ4n) is 1.49. The molecular formula is C14H18N2O6. The van der Waals surface area contributed by atoms with E-state index in [1.54, 1.807) is 6.07 Å². The fraction of sp³-hybridized carbons (Fsp3) is 0.357. The predicted octanol–water partition coefficient (Wildman–Crippen LogP) is -0.277. The van der Waals surface area contributed by atoms with Crippen molar-refractivity contribution in [3.05, 3.63) is 23.8 Å². The molecule has 2 amide bonds. The zero-order chi connectivity index (χ0) is 16.5. The Bertz CT molecular complexity index is 558. The Morgan fingerprint density at radius 3 is 2.41 bits per heavy atom. The lowest BCUT2D eigenvalue weighted by molar-refractivity contribution is -0.127. The molecule has 8 heteroatoms. The smallest absolute Gasteiger partial charge is 0.342 e. The van der Waals surface area contributed by atoms with Crippen LogP contribution in [0.1, 0.15) is 10.4 Å². The quantitative estimate of drug-likeness (QED) is 0.672. The van der Waals surface area contributed by atoms with E-state index in [0.717, 1.165) is 0 Å². The summed E-state index contributed by atoms with van der Waals surface area (Å²) < 4.78 is 15.0. The van der Waals surface area contributed by atoms with Gasteiger partial charge in [-0.2, -0.15) is 0 Å². The van der Waals surface area contributed by atoms with Crippen molar-refractivity contribution in [3.8, 4) is 11.5 Å². The van der Waals surface area contributed by atoms with Gasteiger partial charge in [0.1, 0.15) is 17.1 Å². The molecule has 22 heavy (non-hydrogen) atoms. The standard InChI is InChI=1S/C14H18N2O6/c1-15-12(17)7-16-13(18)8-22-14(19)10-5-4-9(20-2)6-11(10)21-3/h4-6H,7-8H2,1-3H3,(H,15,17)(H,16,18). The van der Waals surface area contributed by atoms with Crippen LogP contribution in [-0.2, 0) is 14.3 Å². The van der Waals surface area contributed by atoms with Gasteiger partial charge in [0.15, 0.2) is 6.61 Å². The first-order valence-electron chi connectivity index (χ1n) is 6.38. The Morgan fingerprint density at radius 1 is 1.09 bits per heavy atom. The number of carbonyl (C=O) groups is 3. The van der Waals surface area contributed by atoms with Gasteiger partial charge in [-0.3, -0.25) is 9.59 Å². The second-order valence-corrected chi connectivity index (χ2v) is 4.09. The Kier molecular flexibility index (Phi) is 6.68. The Balaban J connectivity index is 2.58. The normalized spacial score (nSPS) is 9.59. The minimum absolute atomic E-state index is 0.169. The number of carbonyl (C=O) groups excluding carboxylic acids is 3. The molecule has 0 radical (unpaired) electrons. The van der Waals surface area contributed by atoms with E-state index in [9.17, 15) is 14.4 Å². The lowest BCUT2D eigenvalue weighted by Crippen LogP contribution is -2.37. The summed E-state index contributed by atoms with van der Waals surface area (Å²) >= 11 is 0. The number of methoxy groups -OCH3 is 2. The van der Waals surface area contributed by atoms with Crippen LogP contribution in [0.5, 0.6) is 11.5 Å². The van der Waals surface area contributed by atoms with Gasteiger partial charge in [-0.25, -0.2) is 4.79 Å². The first kappa shape index (κ1) is 17.3. The Labute approximate surface area is 127 Å². The zero-order valence-electron chi connectivity index (χ0n) is 12.6. The average Bonchev–Trinajstić information content (AvgIpc) is 2.56. The molecule has 8 nitrogen and oxygen atoms in total. The topological polar surface area (TPSA) is 103 Å². The molecule has 0 bridgehead atoms. The first-order chi connectivity index (χ1) is 10.5. The van der Waals surface area contributed by atoms with Crippen LogP contribution >= 0.6 is 0 Å². The van der Waals surface area contributed by atoms with Gasteiger partial charge in [-0.05, 0) is 12.1 Å². The van der Waals surface area contributed by atoms with Crippen LogP contribution in [0.15, 0.2) is 18.2 Å². The van der Waals surface area contributed by atoms with E-state index < -0.39 is 18.5 Å². The molecule has 0 spiro atoms. The van der Waals surface area contributed by atoms with Gasteiger partial charge in [0.05, 0.1) is 20.8 Å². The maximum atomic E-state index is 11.9. The largest absolute Gasteiger partial charge is 0.497 e. The molecule has 0 heterocycles. The summed E-state index contributed by atoms with van der Waals surface area (Å²) in [7, 11) is 4.34. The van der Waals surface area contributed by atoms with E-state index in [0.29, 0.717) is 5.75 Å². The fourth-order valence-corrected chi connectivity index (χ4v) is 1.49. The maximum absolute atomic E-state index is 11.9. The van der Waals surface area contributed by atoms with Crippen molar-refractivity contribution in [3.63, 3.8) is 0 Å². The minimum atomic E-state index is -0.713. The summed E-state index contributed by atoms with van der Waals surface area (Å²) in [6, 6.07) is 4.58. The van der Waals surface area contributed by atoms with Gasteiger partial charge < -0.3 is 24.8 Å². The van der Waals surface area contributed by atoms with Crippen molar-refractivity contribution >= 4 is 17.8 Å². The van der Waals surface area contributed by atoms with Crippen LogP contribution in [0, 0.1) is 0 Å². The third kappa shape index (κ3) is 4.97. The highest BCUT2D eigenvalue weighted by Gasteiger charge is 2.16. The third-order valence-corrected chi connectivity index (χ3v) is 2.69. The molecule has 1 rings (SSSR count). The van der Waals surface area contributed by atoms with Crippen LogP contribution in [0.4, 0.5) is 0 Å². The van der Waals surface area contributed by atoms with E-state index in [4.69, 9.17) is 14.2 Å². The molecule has 0 aliphatic carbocycles. The highest BCUT2D eigenvalue weighted by molar-refractivity contribution is 5.94. The summed E-state index contributed by atoms with van der Waals surface area (Å²) in [6.45, 7) is -0.677. The average molecular weight is 310 g/mol. The molecule has 0 fully saturated rings. The van der Waals surface area contributed by atoms with Crippen molar-refractivity contribution in [2.24, 2.45) is 0 Å². The van der Waals surface area contributed by atoms with Gasteiger partial charge in [0.2, 0.25) is 5.91 Å². The van der Waals surface area contributed by atoms with Gasteiger partial charge in [0.25, 0.3) is 5.91 Å². The molecule has 1 aromatic carbocycles. The molecule has 1 aromatic rings. The zero-order valence-corrected chi connectivity index (χ0v) is 12.6. The molecule has 120 valence electrons. The maximum Gasteiger partial charge on any atom is 0.342 e. The van der Waals surface area contributed by atoms with Gasteiger partial charge in [0, 0.05) is 13.1 Å². The summed E-state index contributed by atoms with van der Waals surface area (Å²) in [5.74, 6) is -0.845. The molecule has 0 saturated heterocycles. The highest BCUT2D eigenvalue weighted by atomic mass is 16.5. The van der Waals surface area contributed by atoms with E-state index >= 15 is 0 Å². The number of rotatable bonds is 7. The summed E-state index contributed by atoms with van der Waals surface area (Å²) in [4.78, 5) is 34.3. The molecule has 0 atom stereocenters. The predicted molar refractivity (Wildman–Crippen MR) is 76.9 cm³/mol. The molecule has 0 saturated carbocycles. The molecule has 0 aliphatic rings. The number of ether oxygens (including phenoxy) is 3. The van der Waals surface area contributed by atoms with E-state index in [2.05, 4.69) is 10.6 Å². The molecule has 0 aliphatic heterocycles. The number of hydrogen-bond acceptors (Lipinski definition) is 6. The second-order valence-electron chi connectivity index (χ2n) is 4.09. The van der Waals surface area contributed by atoms with Gasteiger partial charge >= 0.3 is 5.97 Å². The SMILES string of the molecule is CNC(=O)CNC(=O)COC(=O)c1ccc(OC)cc1OC. The second kappa shape index (κ2) is 8.50. The van der Waals surface area contributed by atoms with E-state index in [1.807, 2.05) is 0 Å². The van der Waals surface area contributed by atoms with Gasteiger partial charge in [-0.1, -0.05) is 0 Å². The van der Waals surface area contributed by atoms with Crippen LogP contribution in [0.3, 0.4) is 0 Å². The van der Waals surface area contributed by atoms with Crippen LogP contribution in [-0.4, -0.2) is 52.2 Å². The monoisotopic (exact) mass is 310 g/mol. The number of benzene rings is 1. The van der Waals surface area contributed by atoms with Crippen molar-refractivity contribution in [2.75, 3.05) is 34.4 Å². The number of nitrogens with one attached hydrogen (secondary N) is 2. The lowest BCUT2D eigenvalue weighted by atomic mass is 10.2. The van der Waals surface area contributed by atoms with Crippen LogP contribution < -0.4 is 20.1 Å². The summed E-state index contributed by atoms with van der Waals surface area (Å²) in [6.07, 6.45) is 0.